The third-order valence-electron chi connectivity index (χ3n) is 0.975. The summed E-state index contributed by atoms with van der Waals surface area (Å²) in [7, 11) is 0. The van der Waals surface area contributed by atoms with E-state index < -0.39 is 16.7 Å². The molecule has 0 aliphatic heterocycles. The fourth-order valence-electron chi connectivity index (χ4n) is 0.560. The van der Waals surface area contributed by atoms with Gasteiger partial charge >= 0.3 is 6.18 Å². The molecular formula is C5HF3N2OS. The molecular weight excluding hydrogens is 193 g/mol. The van der Waals surface area contributed by atoms with E-state index in [9.17, 15) is 18.0 Å². The second-order valence-corrected chi connectivity index (χ2v) is 2.54. The Hall–Kier alpha value is -1.20. The zero-order valence-corrected chi connectivity index (χ0v) is 6.24. The van der Waals surface area contributed by atoms with E-state index in [1.807, 2.05) is 0 Å². The van der Waals surface area contributed by atoms with Crippen LogP contribution in [0.25, 0.3) is 0 Å². The number of isocyanates is 1. The van der Waals surface area contributed by atoms with Crippen LogP contribution < -0.4 is 0 Å². The van der Waals surface area contributed by atoms with E-state index in [0.29, 0.717) is 0 Å². The summed E-state index contributed by atoms with van der Waals surface area (Å²) >= 11 is 0.249. The fourth-order valence-corrected chi connectivity index (χ4v) is 1.11. The van der Waals surface area contributed by atoms with Crippen molar-refractivity contribution in [2.24, 2.45) is 4.99 Å². The highest BCUT2D eigenvalue weighted by Crippen LogP contribution is 2.38. The van der Waals surface area contributed by atoms with Crippen LogP contribution in [-0.2, 0) is 11.0 Å². The summed E-state index contributed by atoms with van der Waals surface area (Å²) in [6.45, 7) is 0. The molecule has 12 heavy (non-hydrogen) atoms. The molecule has 7 heteroatoms. The SMILES string of the molecule is O=C=Nc1cnsc1C(F)(F)F. The first-order valence-corrected chi connectivity index (χ1v) is 3.43. The molecule has 0 unspecified atom stereocenters. The highest BCUT2D eigenvalue weighted by atomic mass is 32.1. The molecule has 64 valence electrons. The normalized spacial score (nSPS) is 10.9. The third kappa shape index (κ3) is 1.69. The molecule has 1 aromatic heterocycles. The number of nitrogens with zero attached hydrogens (tertiary/aromatic N) is 2. The summed E-state index contributed by atoms with van der Waals surface area (Å²) in [5, 5.41) is 0. The Labute approximate surface area is 68.7 Å². The molecule has 0 saturated carbocycles. The Morgan fingerprint density at radius 2 is 2.25 bits per heavy atom. The van der Waals surface area contributed by atoms with Gasteiger partial charge in [-0.2, -0.15) is 22.5 Å². The average molecular weight is 194 g/mol. The molecule has 0 atom stereocenters. The second-order valence-electron chi connectivity index (χ2n) is 1.74. The number of rotatable bonds is 1. The first-order valence-electron chi connectivity index (χ1n) is 2.65. The molecule has 0 spiro atoms. The van der Waals surface area contributed by atoms with Crippen molar-refractivity contribution in [1.82, 2.24) is 4.37 Å². The molecule has 0 aromatic carbocycles. The van der Waals surface area contributed by atoms with Gasteiger partial charge in [-0.3, -0.25) is 0 Å². The van der Waals surface area contributed by atoms with Crippen molar-refractivity contribution in [2.45, 2.75) is 6.18 Å². The van der Waals surface area contributed by atoms with Gasteiger partial charge in [-0.15, -0.1) is 0 Å². The molecule has 0 radical (unpaired) electrons. The van der Waals surface area contributed by atoms with Gasteiger partial charge in [-0.05, 0) is 11.5 Å². The maximum atomic E-state index is 12.0. The zero-order chi connectivity index (χ0) is 9.19. The summed E-state index contributed by atoms with van der Waals surface area (Å²) in [4.78, 5) is 11.5. The van der Waals surface area contributed by atoms with Crippen LogP contribution in [0.2, 0.25) is 0 Å². The van der Waals surface area contributed by atoms with Gasteiger partial charge in [-0.25, -0.2) is 4.79 Å². The predicted octanol–water partition coefficient (Wildman–Crippen LogP) is 2.13. The van der Waals surface area contributed by atoms with Crippen LogP contribution in [-0.4, -0.2) is 10.5 Å². The lowest BCUT2D eigenvalue weighted by Gasteiger charge is -2.00. The van der Waals surface area contributed by atoms with Crippen LogP contribution in [0.15, 0.2) is 11.2 Å². The van der Waals surface area contributed by atoms with E-state index >= 15 is 0 Å². The van der Waals surface area contributed by atoms with Gasteiger partial charge in [0, 0.05) is 0 Å². The first kappa shape index (κ1) is 8.89. The largest absolute Gasteiger partial charge is 0.429 e. The third-order valence-corrected chi connectivity index (χ3v) is 1.81. The van der Waals surface area contributed by atoms with Crippen molar-refractivity contribution in [3.8, 4) is 0 Å². The molecule has 3 nitrogen and oxygen atoms in total. The van der Waals surface area contributed by atoms with E-state index in [4.69, 9.17) is 0 Å². The van der Waals surface area contributed by atoms with Gasteiger partial charge < -0.3 is 0 Å². The zero-order valence-electron chi connectivity index (χ0n) is 5.42. The number of carbonyl (C=O) groups excluding carboxylic acids is 1. The minimum Gasteiger partial charge on any atom is -0.211 e. The Morgan fingerprint density at radius 3 is 2.75 bits per heavy atom. The predicted molar refractivity (Wildman–Crippen MR) is 34.9 cm³/mol. The van der Waals surface area contributed by atoms with Crippen LogP contribution >= 0.6 is 11.5 Å². The van der Waals surface area contributed by atoms with Crippen LogP contribution in [0.3, 0.4) is 0 Å². The number of hydrogen-bond donors (Lipinski definition) is 0. The summed E-state index contributed by atoms with van der Waals surface area (Å²) < 4.78 is 39.2. The van der Waals surface area contributed by atoms with Gasteiger partial charge in [-0.1, -0.05) is 0 Å². The number of aromatic nitrogens is 1. The van der Waals surface area contributed by atoms with Crippen LogP contribution in [0.1, 0.15) is 4.88 Å². The molecule has 0 fully saturated rings. The van der Waals surface area contributed by atoms with E-state index in [1.54, 1.807) is 0 Å². The van der Waals surface area contributed by atoms with Crippen LogP contribution in [0, 0.1) is 0 Å². The Bertz CT molecular complexity index is 326. The van der Waals surface area contributed by atoms with Gasteiger partial charge in [0.15, 0.2) is 4.88 Å². The van der Waals surface area contributed by atoms with Gasteiger partial charge in [0.25, 0.3) is 0 Å². The number of halogens is 3. The lowest BCUT2D eigenvalue weighted by Crippen LogP contribution is -2.01. The fraction of sp³-hybridized carbons (Fsp3) is 0.200. The molecule has 0 aliphatic rings. The average Bonchev–Trinajstić information content (AvgIpc) is 2.34. The number of hydrogen-bond acceptors (Lipinski definition) is 4. The van der Waals surface area contributed by atoms with Crippen molar-refractivity contribution in [1.29, 1.82) is 0 Å². The highest BCUT2D eigenvalue weighted by molar-refractivity contribution is 7.06. The molecule has 0 aliphatic carbocycles. The highest BCUT2D eigenvalue weighted by Gasteiger charge is 2.36. The lowest BCUT2D eigenvalue weighted by atomic mass is 10.4. The van der Waals surface area contributed by atoms with Crippen molar-refractivity contribution in [3.05, 3.63) is 11.1 Å². The maximum absolute atomic E-state index is 12.0. The number of aliphatic imine (C=N–C) groups is 1. The number of alkyl halides is 3. The Kier molecular flexibility index (Phi) is 2.25. The summed E-state index contributed by atoms with van der Waals surface area (Å²) in [6, 6.07) is 0. The second kappa shape index (κ2) is 3.04. The molecule has 1 heterocycles. The molecule has 0 amide bonds. The maximum Gasteiger partial charge on any atom is 0.429 e. The smallest absolute Gasteiger partial charge is 0.211 e. The van der Waals surface area contributed by atoms with Crippen molar-refractivity contribution in [2.75, 3.05) is 0 Å². The van der Waals surface area contributed by atoms with Crippen molar-refractivity contribution < 1.29 is 18.0 Å². The van der Waals surface area contributed by atoms with Gasteiger partial charge in [0.1, 0.15) is 5.69 Å². The molecule has 0 N–H and O–H groups in total. The summed E-state index contributed by atoms with van der Waals surface area (Å²) in [6.07, 6.45) is -2.61. The Morgan fingerprint density at radius 1 is 1.58 bits per heavy atom. The quantitative estimate of drug-likeness (QED) is 0.507. The van der Waals surface area contributed by atoms with Gasteiger partial charge in [0.05, 0.1) is 6.20 Å². The minimum atomic E-state index is -4.50. The van der Waals surface area contributed by atoms with Crippen LogP contribution in [0.4, 0.5) is 18.9 Å². The van der Waals surface area contributed by atoms with Crippen LogP contribution in [0.5, 0.6) is 0 Å². The van der Waals surface area contributed by atoms with Crippen molar-refractivity contribution >= 4 is 23.3 Å². The standard InChI is InChI=1S/C5HF3N2OS/c6-5(7,8)4-3(9-2-11)1-10-12-4/h1H. The van der Waals surface area contributed by atoms with E-state index in [2.05, 4.69) is 9.37 Å². The molecule has 0 bridgehead atoms. The summed E-state index contributed by atoms with van der Waals surface area (Å²) in [5.41, 5.74) is -0.484. The monoisotopic (exact) mass is 194 g/mol. The lowest BCUT2D eigenvalue weighted by molar-refractivity contribution is -0.133. The van der Waals surface area contributed by atoms with Gasteiger partial charge in [0.2, 0.25) is 6.08 Å². The topological polar surface area (TPSA) is 42.3 Å². The molecule has 0 saturated heterocycles. The van der Waals surface area contributed by atoms with E-state index in [1.165, 1.54) is 0 Å². The Balaban J connectivity index is 3.16. The minimum absolute atomic E-state index is 0.249. The van der Waals surface area contributed by atoms with E-state index in [-0.39, 0.29) is 11.5 Å². The van der Waals surface area contributed by atoms with E-state index in [0.717, 1.165) is 12.3 Å². The first-order chi connectivity index (χ1) is 5.55. The van der Waals surface area contributed by atoms with Crippen molar-refractivity contribution in [3.63, 3.8) is 0 Å². The summed E-state index contributed by atoms with van der Waals surface area (Å²) in [5.74, 6) is 0. The molecule has 1 aromatic rings. The molecule has 1 rings (SSSR count).